The molecule has 4 rings (SSSR count). The van der Waals surface area contributed by atoms with Crippen molar-refractivity contribution in [1.82, 2.24) is 13.8 Å². The third kappa shape index (κ3) is 4.36. The molecule has 0 bridgehead atoms. The molecule has 8 nitrogen and oxygen atoms in total. The number of carbonyl (C=O) groups is 1. The summed E-state index contributed by atoms with van der Waals surface area (Å²) in [5.41, 5.74) is 0.759. The number of fused-ring (bicyclic) bond motifs is 1. The van der Waals surface area contributed by atoms with Crippen LogP contribution in [0.5, 0.6) is 0 Å². The third-order valence-corrected chi connectivity index (χ3v) is 8.04. The SMILES string of the molecule is CCCn1c(=O)sc2cc(S(=O)(=O)N3CCN(C(=O)/C=C/c4ccco4)CC3)ccc21. The van der Waals surface area contributed by atoms with Crippen LogP contribution < -0.4 is 4.87 Å². The van der Waals surface area contributed by atoms with Crippen molar-refractivity contribution < 1.29 is 17.6 Å². The molecule has 1 amide bonds. The Bertz CT molecular complexity index is 1260. The first-order valence-corrected chi connectivity index (χ1v) is 12.3. The number of amides is 1. The van der Waals surface area contributed by atoms with Crippen LogP contribution in [-0.2, 0) is 21.4 Å². The Balaban J connectivity index is 1.46. The Morgan fingerprint density at radius 3 is 2.65 bits per heavy atom. The first kappa shape index (κ1) is 21.5. The Labute approximate surface area is 184 Å². The van der Waals surface area contributed by atoms with E-state index >= 15 is 0 Å². The van der Waals surface area contributed by atoms with Crippen molar-refractivity contribution in [2.75, 3.05) is 26.2 Å². The molecular weight excluding hydrogens is 438 g/mol. The molecule has 164 valence electrons. The van der Waals surface area contributed by atoms with Crippen LogP contribution in [0.2, 0.25) is 0 Å². The number of aryl methyl sites for hydroxylation is 1. The smallest absolute Gasteiger partial charge is 0.308 e. The highest BCUT2D eigenvalue weighted by atomic mass is 32.2. The van der Waals surface area contributed by atoms with E-state index in [1.54, 1.807) is 45.9 Å². The molecule has 0 atom stereocenters. The Morgan fingerprint density at radius 2 is 1.97 bits per heavy atom. The second-order valence-electron chi connectivity index (χ2n) is 7.23. The van der Waals surface area contributed by atoms with E-state index in [1.807, 2.05) is 6.92 Å². The first-order valence-electron chi connectivity index (χ1n) is 10.0. The Morgan fingerprint density at radius 1 is 1.19 bits per heavy atom. The fourth-order valence-electron chi connectivity index (χ4n) is 3.59. The van der Waals surface area contributed by atoms with Crippen LogP contribution in [0, 0.1) is 0 Å². The van der Waals surface area contributed by atoms with E-state index in [-0.39, 0.29) is 28.8 Å². The number of sulfonamides is 1. The van der Waals surface area contributed by atoms with Gasteiger partial charge in [-0.15, -0.1) is 0 Å². The van der Waals surface area contributed by atoms with Gasteiger partial charge >= 0.3 is 4.87 Å². The number of rotatable bonds is 6. The van der Waals surface area contributed by atoms with Gasteiger partial charge in [0, 0.05) is 38.8 Å². The summed E-state index contributed by atoms with van der Waals surface area (Å²) in [6, 6.07) is 8.32. The molecule has 0 N–H and O–H groups in total. The monoisotopic (exact) mass is 461 g/mol. The molecule has 2 aromatic heterocycles. The minimum atomic E-state index is -3.71. The maximum absolute atomic E-state index is 13.1. The maximum Gasteiger partial charge on any atom is 0.308 e. The van der Waals surface area contributed by atoms with Gasteiger partial charge in [0.25, 0.3) is 0 Å². The normalized spacial score (nSPS) is 15.8. The number of hydrogen-bond acceptors (Lipinski definition) is 6. The molecule has 1 aromatic carbocycles. The van der Waals surface area contributed by atoms with E-state index in [4.69, 9.17) is 4.42 Å². The topological polar surface area (TPSA) is 92.8 Å². The number of benzene rings is 1. The van der Waals surface area contributed by atoms with Crippen molar-refractivity contribution in [2.45, 2.75) is 24.8 Å². The largest absolute Gasteiger partial charge is 0.465 e. The van der Waals surface area contributed by atoms with E-state index in [2.05, 4.69) is 0 Å². The van der Waals surface area contributed by atoms with Gasteiger partial charge in [0.2, 0.25) is 15.9 Å². The average Bonchev–Trinajstić information content (AvgIpc) is 3.40. The molecule has 1 aliphatic heterocycles. The third-order valence-electron chi connectivity index (χ3n) is 5.21. The molecule has 3 aromatic rings. The predicted octanol–water partition coefficient (Wildman–Crippen LogP) is 2.61. The summed E-state index contributed by atoms with van der Waals surface area (Å²) in [5, 5.41) is 0. The van der Waals surface area contributed by atoms with Crippen LogP contribution in [0.4, 0.5) is 0 Å². The number of aromatic nitrogens is 1. The summed E-state index contributed by atoms with van der Waals surface area (Å²) in [7, 11) is -3.71. The van der Waals surface area contributed by atoms with Gasteiger partial charge in [-0.05, 0) is 42.8 Å². The molecule has 31 heavy (non-hydrogen) atoms. The molecule has 1 aliphatic rings. The molecule has 0 radical (unpaired) electrons. The Hall–Kier alpha value is -2.69. The van der Waals surface area contributed by atoms with Crippen LogP contribution >= 0.6 is 11.3 Å². The summed E-state index contributed by atoms with van der Waals surface area (Å²) in [4.78, 5) is 26.2. The van der Waals surface area contributed by atoms with E-state index < -0.39 is 10.0 Å². The van der Waals surface area contributed by atoms with Gasteiger partial charge in [-0.3, -0.25) is 14.2 Å². The minimum Gasteiger partial charge on any atom is -0.465 e. The van der Waals surface area contributed by atoms with Crippen molar-refractivity contribution in [3.05, 3.63) is 58.1 Å². The van der Waals surface area contributed by atoms with Crippen LogP contribution in [0.15, 0.2) is 56.8 Å². The zero-order valence-electron chi connectivity index (χ0n) is 17.1. The average molecular weight is 462 g/mol. The fraction of sp³-hybridized carbons (Fsp3) is 0.333. The van der Waals surface area contributed by atoms with Gasteiger partial charge in [0.15, 0.2) is 0 Å². The highest BCUT2D eigenvalue weighted by Gasteiger charge is 2.30. The second kappa shape index (κ2) is 8.81. The van der Waals surface area contributed by atoms with Crippen molar-refractivity contribution in [3.8, 4) is 0 Å². The quantitative estimate of drug-likeness (QED) is 0.526. The molecule has 10 heteroatoms. The molecule has 0 aliphatic carbocycles. The predicted molar refractivity (Wildman–Crippen MR) is 119 cm³/mol. The summed E-state index contributed by atoms with van der Waals surface area (Å²) in [6.07, 6.45) is 5.38. The first-order chi connectivity index (χ1) is 14.9. The van der Waals surface area contributed by atoms with E-state index in [0.717, 1.165) is 23.3 Å². The van der Waals surface area contributed by atoms with Gasteiger partial charge in [-0.1, -0.05) is 18.3 Å². The van der Waals surface area contributed by atoms with E-state index in [0.29, 0.717) is 30.1 Å². The van der Waals surface area contributed by atoms with Gasteiger partial charge in [-0.25, -0.2) is 8.42 Å². The Kier molecular flexibility index (Phi) is 6.12. The number of thiazole rings is 1. The fourth-order valence-corrected chi connectivity index (χ4v) is 6.07. The van der Waals surface area contributed by atoms with Gasteiger partial charge in [-0.2, -0.15) is 4.31 Å². The zero-order valence-corrected chi connectivity index (χ0v) is 18.7. The highest BCUT2D eigenvalue weighted by Crippen LogP contribution is 2.25. The molecule has 1 saturated heterocycles. The summed E-state index contributed by atoms with van der Waals surface area (Å²) in [6.45, 7) is 3.65. The van der Waals surface area contributed by atoms with E-state index in [9.17, 15) is 18.0 Å². The molecule has 0 unspecified atom stereocenters. The standard InChI is InChI=1S/C21H23N3O5S2/c1-2-9-24-18-7-6-17(15-19(18)30-21(24)26)31(27,28)23-12-10-22(11-13-23)20(25)8-5-16-4-3-14-29-16/h3-8,14-15H,2,9-13H2,1H3/b8-5+. The summed E-state index contributed by atoms with van der Waals surface area (Å²) >= 11 is 1.06. The number of piperazine rings is 1. The molecule has 1 fully saturated rings. The lowest BCUT2D eigenvalue weighted by Gasteiger charge is -2.33. The van der Waals surface area contributed by atoms with Gasteiger partial charge in [0.05, 0.1) is 21.4 Å². The van der Waals surface area contributed by atoms with Crippen LogP contribution in [0.1, 0.15) is 19.1 Å². The lowest BCUT2D eigenvalue weighted by Crippen LogP contribution is -2.50. The lowest BCUT2D eigenvalue weighted by atomic mass is 10.3. The summed E-state index contributed by atoms with van der Waals surface area (Å²) < 4.78 is 35.1. The number of carbonyl (C=O) groups excluding carboxylic acids is 1. The van der Waals surface area contributed by atoms with Crippen LogP contribution in [0.3, 0.4) is 0 Å². The molecule has 0 saturated carbocycles. The van der Waals surface area contributed by atoms with Gasteiger partial charge in [0.1, 0.15) is 5.76 Å². The number of hydrogen-bond donors (Lipinski definition) is 0. The van der Waals surface area contributed by atoms with Gasteiger partial charge < -0.3 is 9.32 Å². The zero-order chi connectivity index (χ0) is 22.0. The van der Waals surface area contributed by atoms with Crippen LogP contribution in [0.25, 0.3) is 16.3 Å². The number of furan rings is 1. The highest BCUT2D eigenvalue weighted by molar-refractivity contribution is 7.89. The molecule has 0 spiro atoms. The van der Waals surface area contributed by atoms with Crippen molar-refractivity contribution >= 4 is 43.6 Å². The molecular formula is C21H23N3O5S2. The second-order valence-corrected chi connectivity index (χ2v) is 10.2. The van der Waals surface area contributed by atoms with Crippen LogP contribution in [-0.4, -0.2) is 54.3 Å². The lowest BCUT2D eigenvalue weighted by molar-refractivity contribution is -0.127. The van der Waals surface area contributed by atoms with Crippen molar-refractivity contribution in [3.63, 3.8) is 0 Å². The van der Waals surface area contributed by atoms with E-state index in [1.165, 1.54) is 16.6 Å². The van der Waals surface area contributed by atoms with Crippen molar-refractivity contribution in [2.24, 2.45) is 0 Å². The number of nitrogens with zero attached hydrogens (tertiary/aromatic N) is 3. The maximum atomic E-state index is 13.1. The minimum absolute atomic E-state index is 0.0823. The van der Waals surface area contributed by atoms with Crippen molar-refractivity contribution in [1.29, 1.82) is 0 Å². The molecule has 3 heterocycles. The summed E-state index contributed by atoms with van der Waals surface area (Å²) in [5.74, 6) is 0.400.